The molecule has 1 aromatic rings. The Morgan fingerprint density at radius 3 is 2.83 bits per heavy atom. The Labute approximate surface area is 137 Å². The van der Waals surface area contributed by atoms with Crippen LogP contribution in [0.15, 0.2) is 24.4 Å². The summed E-state index contributed by atoms with van der Waals surface area (Å²) in [5, 5.41) is 2.89. The van der Waals surface area contributed by atoms with E-state index < -0.39 is 17.7 Å². The monoisotopic (exact) mass is 319 g/mol. The molecular formula is C17H25N3O3. The highest BCUT2D eigenvalue weighted by Crippen LogP contribution is 2.20. The molecule has 1 atom stereocenters. The predicted molar refractivity (Wildman–Crippen MR) is 86.9 cm³/mol. The van der Waals surface area contributed by atoms with Gasteiger partial charge in [-0.05, 0) is 45.7 Å². The molecule has 1 saturated heterocycles. The number of carbonyl (C=O) groups is 2. The maximum Gasteiger partial charge on any atom is 0.410 e. The van der Waals surface area contributed by atoms with Gasteiger partial charge in [-0.1, -0.05) is 6.07 Å². The Balaban J connectivity index is 1.84. The minimum Gasteiger partial charge on any atom is -0.444 e. The van der Waals surface area contributed by atoms with Gasteiger partial charge in [0.1, 0.15) is 11.6 Å². The average Bonchev–Trinajstić information content (AvgIpc) is 2.96. The Bertz CT molecular complexity index is 540. The quantitative estimate of drug-likeness (QED) is 0.923. The predicted octanol–water partition coefficient (Wildman–Crippen LogP) is 2.14. The van der Waals surface area contributed by atoms with E-state index in [2.05, 4.69) is 10.3 Å². The second-order valence-electron chi connectivity index (χ2n) is 6.69. The van der Waals surface area contributed by atoms with Crippen LogP contribution in [0.1, 0.15) is 39.3 Å². The first kappa shape index (κ1) is 17.2. The van der Waals surface area contributed by atoms with Crippen LogP contribution in [0.4, 0.5) is 4.79 Å². The molecule has 0 radical (unpaired) electrons. The third kappa shape index (κ3) is 5.23. The van der Waals surface area contributed by atoms with Crippen molar-refractivity contribution in [2.45, 2.75) is 51.7 Å². The number of likely N-dealkylation sites (tertiary alicyclic amines) is 1. The van der Waals surface area contributed by atoms with Gasteiger partial charge >= 0.3 is 6.09 Å². The van der Waals surface area contributed by atoms with Gasteiger partial charge in [-0.15, -0.1) is 0 Å². The lowest BCUT2D eigenvalue weighted by molar-refractivity contribution is -0.125. The summed E-state index contributed by atoms with van der Waals surface area (Å²) in [6.45, 7) is 6.54. The molecule has 2 heterocycles. The van der Waals surface area contributed by atoms with Gasteiger partial charge in [-0.3, -0.25) is 14.7 Å². The lowest BCUT2D eigenvalue weighted by Gasteiger charge is -2.28. The molecule has 1 unspecified atom stereocenters. The number of amides is 2. The molecule has 0 aliphatic carbocycles. The van der Waals surface area contributed by atoms with Crippen molar-refractivity contribution in [2.75, 3.05) is 13.1 Å². The van der Waals surface area contributed by atoms with Crippen molar-refractivity contribution in [3.8, 4) is 0 Å². The van der Waals surface area contributed by atoms with Gasteiger partial charge in [-0.2, -0.15) is 0 Å². The molecule has 0 spiro atoms. The van der Waals surface area contributed by atoms with E-state index in [1.165, 1.54) is 4.90 Å². The van der Waals surface area contributed by atoms with Crippen LogP contribution in [0.2, 0.25) is 0 Å². The van der Waals surface area contributed by atoms with Crippen LogP contribution < -0.4 is 5.32 Å². The molecule has 1 aliphatic rings. The van der Waals surface area contributed by atoms with E-state index >= 15 is 0 Å². The normalized spacial score (nSPS) is 17.9. The summed E-state index contributed by atoms with van der Waals surface area (Å²) >= 11 is 0. The summed E-state index contributed by atoms with van der Waals surface area (Å²) in [5.74, 6) is -0.121. The molecule has 126 valence electrons. The number of ether oxygens (including phenoxy) is 1. The van der Waals surface area contributed by atoms with Crippen molar-refractivity contribution in [3.63, 3.8) is 0 Å². The Morgan fingerprint density at radius 2 is 2.17 bits per heavy atom. The van der Waals surface area contributed by atoms with Gasteiger partial charge in [0.05, 0.1) is 0 Å². The third-order valence-electron chi connectivity index (χ3n) is 3.59. The molecule has 0 saturated carbocycles. The fourth-order valence-corrected chi connectivity index (χ4v) is 2.56. The highest BCUT2D eigenvalue weighted by Gasteiger charge is 2.36. The molecule has 0 aromatic carbocycles. The lowest BCUT2D eigenvalue weighted by Crippen LogP contribution is -2.47. The van der Waals surface area contributed by atoms with Crippen molar-refractivity contribution in [1.82, 2.24) is 15.2 Å². The first-order valence-electron chi connectivity index (χ1n) is 8.04. The van der Waals surface area contributed by atoms with Crippen LogP contribution in [-0.4, -0.2) is 46.6 Å². The first-order chi connectivity index (χ1) is 10.9. The minimum absolute atomic E-state index is 0.121. The molecule has 23 heavy (non-hydrogen) atoms. The number of hydrogen-bond donors (Lipinski definition) is 1. The second kappa shape index (κ2) is 7.44. The number of rotatable bonds is 4. The van der Waals surface area contributed by atoms with Gasteiger partial charge in [0, 0.05) is 31.4 Å². The summed E-state index contributed by atoms with van der Waals surface area (Å²) in [7, 11) is 0. The Morgan fingerprint density at radius 1 is 1.39 bits per heavy atom. The van der Waals surface area contributed by atoms with E-state index in [0.717, 1.165) is 12.1 Å². The van der Waals surface area contributed by atoms with E-state index in [1.807, 2.05) is 39.0 Å². The molecule has 1 fully saturated rings. The molecular weight excluding hydrogens is 294 g/mol. The van der Waals surface area contributed by atoms with Gasteiger partial charge in [0.25, 0.3) is 0 Å². The van der Waals surface area contributed by atoms with E-state index in [1.54, 1.807) is 6.20 Å². The van der Waals surface area contributed by atoms with E-state index in [4.69, 9.17) is 4.74 Å². The zero-order chi connectivity index (χ0) is 16.9. The number of nitrogens with one attached hydrogen (secondary N) is 1. The van der Waals surface area contributed by atoms with Crippen LogP contribution in [0, 0.1) is 0 Å². The molecule has 1 N–H and O–H groups in total. The molecule has 6 nitrogen and oxygen atoms in total. The van der Waals surface area contributed by atoms with Crippen LogP contribution in [0.25, 0.3) is 0 Å². The van der Waals surface area contributed by atoms with Crippen molar-refractivity contribution in [1.29, 1.82) is 0 Å². The maximum absolute atomic E-state index is 12.3. The fraction of sp³-hybridized carbons (Fsp3) is 0.588. The third-order valence-corrected chi connectivity index (χ3v) is 3.59. The van der Waals surface area contributed by atoms with Crippen LogP contribution >= 0.6 is 0 Å². The number of carbonyl (C=O) groups excluding carboxylic acids is 2. The SMILES string of the molecule is CC(C)(C)OC(=O)N1CCCC1C(=O)NCCc1ccccn1. The zero-order valence-electron chi connectivity index (χ0n) is 14.0. The van der Waals surface area contributed by atoms with Crippen molar-refractivity contribution >= 4 is 12.0 Å². The summed E-state index contributed by atoms with van der Waals surface area (Å²) in [6, 6.07) is 5.27. The Hall–Kier alpha value is -2.11. The topological polar surface area (TPSA) is 71.5 Å². The van der Waals surface area contributed by atoms with Gasteiger partial charge in [0.2, 0.25) is 5.91 Å². The van der Waals surface area contributed by atoms with E-state index in [0.29, 0.717) is 25.9 Å². The van der Waals surface area contributed by atoms with E-state index in [-0.39, 0.29) is 5.91 Å². The Kier molecular flexibility index (Phi) is 5.58. The maximum atomic E-state index is 12.3. The van der Waals surface area contributed by atoms with Crippen molar-refractivity contribution in [2.24, 2.45) is 0 Å². The fourth-order valence-electron chi connectivity index (χ4n) is 2.56. The number of nitrogens with zero attached hydrogens (tertiary/aromatic N) is 2. The van der Waals surface area contributed by atoms with Crippen molar-refractivity contribution < 1.29 is 14.3 Å². The summed E-state index contributed by atoms with van der Waals surface area (Å²) in [5.41, 5.74) is 0.378. The summed E-state index contributed by atoms with van der Waals surface area (Å²) in [4.78, 5) is 30.3. The minimum atomic E-state index is -0.556. The molecule has 2 rings (SSSR count). The zero-order valence-corrected chi connectivity index (χ0v) is 14.0. The van der Waals surface area contributed by atoms with E-state index in [9.17, 15) is 9.59 Å². The largest absolute Gasteiger partial charge is 0.444 e. The summed E-state index contributed by atoms with van der Waals surface area (Å²) in [6.07, 6.45) is 3.48. The second-order valence-corrected chi connectivity index (χ2v) is 6.69. The first-order valence-corrected chi connectivity index (χ1v) is 8.04. The molecule has 2 amide bonds. The molecule has 1 aliphatic heterocycles. The molecule has 0 bridgehead atoms. The smallest absolute Gasteiger partial charge is 0.410 e. The van der Waals surface area contributed by atoms with Gasteiger partial charge < -0.3 is 10.1 Å². The highest BCUT2D eigenvalue weighted by molar-refractivity contribution is 5.86. The van der Waals surface area contributed by atoms with Crippen LogP contribution in [-0.2, 0) is 16.0 Å². The van der Waals surface area contributed by atoms with Gasteiger partial charge in [-0.25, -0.2) is 4.79 Å². The molecule has 6 heteroatoms. The standard InChI is InChI=1S/C17H25N3O3/c1-17(2,3)23-16(22)20-12-6-8-14(20)15(21)19-11-9-13-7-4-5-10-18-13/h4-5,7,10,14H,6,8-9,11-12H2,1-3H3,(H,19,21). The summed E-state index contributed by atoms with van der Waals surface area (Å²) < 4.78 is 5.37. The number of hydrogen-bond acceptors (Lipinski definition) is 4. The molecule has 1 aromatic heterocycles. The average molecular weight is 319 g/mol. The van der Waals surface area contributed by atoms with Crippen LogP contribution in [0.3, 0.4) is 0 Å². The highest BCUT2D eigenvalue weighted by atomic mass is 16.6. The number of pyridine rings is 1. The van der Waals surface area contributed by atoms with Crippen LogP contribution in [0.5, 0.6) is 0 Å². The number of aromatic nitrogens is 1. The van der Waals surface area contributed by atoms with Gasteiger partial charge in [0.15, 0.2) is 0 Å². The lowest BCUT2D eigenvalue weighted by atomic mass is 10.2. The van der Waals surface area contributed by atoms with Crippen molar-refractivity contribution in [3.05, 3.63) is 30.1 Å².